The van der Waals surface area contributed by atoms with Crippen LogP contribution in [0.2, 0.25) is 0 Å². The fourth-order valence-corrected chi connectivity index (χ4v) is 3.96. The molecule has 2 nitrogen and oxygen atoms in total. The first-order valence-corrected chi connectivity index (χ1v) is 8.89. The molecule has 1 N–H and O–H groups in total. The number of aryl methyl sites for hydroxylation is 1. The Morgan fingerprint density at radius 2 is 2.10 bits per heavy atom. The first-order valence-electron chi connectivity index (χ1n) is 7.22. The van der Waals surface area contributed by atoms with Crippen molar-refractivity contribution < 1.29 is 4.42 Å². The molecule has 0 aliphatic heterocycles. The number of benzene rings is 1. The van der Waals surface area contributed by atoms with Crippen LogP contribution < -0.4 is 5.32 Å². The van der Waals surface area contributed by atoms with Gasteiger partial charge >= 0.3 is 0 Å². The Hall–Kier alpha value is -1.10. The van der Waals surface area contributed by atoms with Gasteiger partial charge in [0.15, 0.2) is 0 Å². The van der Waals surface area contributed by atoms with Crippen molar-refractivity contribution in [3.63, 3.8) is 0 Å². The summed E-state index contributed by atoms with van der Waals surface area (Å²) in [6.07, 6.45) is 0.900. The van der Waals surface area contributed by atoms with Gasteiger partial charge in [0.05, 0.1) is 9.83 Å². The molecule has 0 saturated carbocycles. The van der Waals surface area contributed by atoms with E-state index in [1.807, 2.05) is 12.1 Å². The molecule has 1 aromatic carbocycles. The fourth-order valence-electron chi connectivity index (χ4n) is 2.76. The van der Waals surface area contributed by atoms with Crippen LogP contribution in [-0.2, 0) is 6.42 Å². The number of hydrogen-bond donors (Lipinski definition) is 1. The third-order valence-corrected chi connectivity index (χ3v) is 5.17. The van der Waals surface area contributed by atoms with Gasteiger partial charge in [-0.3, -0.25) is 0 Å². The number of nitrogens with one attached hydrogen (secondary N) is 1. The molecule has 0 fully saturated rings. The number of para-hydroxylation sites is 1. The molecule has 0 saturated heterocycles. The predicted octanol–water partition coefficient (Wildman–Crippen LogP) is 5.52. The molecule has 1 unspecified atom stereocenters. The van der Waals surface area contributed by atoms with E-state index in [1.54, 1.807) is 11.3 Å². The van der Waals surface area contributed by atoms with Crippen molar-refractivity contribution in [1.29, 1.82) is 0 Å². The highest BCUT2D eigenvalue weighted by Crippen LogP contribution is 2.37. The van der Waals surface area contributed by atoms with E-state index in [1.165, 1.54) is 16.5 Å². The molecule has 0 bridgehead atoms. The van der Waals surface area contributed by atoms with Crippen molar-refractivity contribution in [2.24, 2.45) is 0 Å². The van der Waals surface area contributed by atoms with Crippen LogP contribution in [-0.4, -0.2) is 6.54 Å². The van der Waals surface area contributed by atoms with E-state index in [0.29, 0.717) is 0 Å². The van der Waals surface area contributed by atoms with Gasteiger partial charge in [-0.15, -0.1) is 11.3 Å². The van der Waals surface area contributed by atoms with Crippen molar-refractivity contribution in [1.82, 2.24) is 5.32 Å². The molecule has 1 atom stereocenters. The minimum absolute atomic E-state index is 0.177. The largest absolute Gasteiger partial charge is 0.461 e. The summed E-state index contributed by atoms with van der Waals surface area (Å²) in [5.41, 5.74) is 3.54. The minimum atomic E-state index is 0.177. The van der Waals surface area contributed by atoms with E-state index in [0.717, 1.165) is 28.1 Å². The number of rotatable bonds is 5. The number of halogens is 1. The molecular formula is C17H18BrNOS. The monoisotopic (exact) mass is 363 g/mol. The Kier molecular flexibility index (Phi) is 4.48. The van der Waals surface area contributed by atoms with Gasteiger partial charge in [0.1, 0.15) is 11.3 Å². The second-order valence-electron chi connectivity index (χ2n) is 4.96. The number of thiophene rings is 1. The van der Waals surface area contributed by atoms with E-state index in [4.69, 9.17) is 4.42 Å². The summed E-state index contributed by atoms with van der Waals surface area (Å²) >= 11 is 5.29. The van der Waals surface area contributed by atoms with E-state index < -0.39 is 0 Å². The summed E-state index contributed by atoms with van der Waals surface area (Å²) in [4.78, 5) is 0. The van der Waals surface area contributed by atoms with Crippen LogP contribution in [0.1, 0.15) is 36.8 Å². The van der Waals surface area contributed by atoms with Crippen molar-refractivity contribution in [2.75, 3.05) is 6.54 Å². The smallest absolute Gasteiger partial charge is 0.134 e. The van der Waals surface area contributed by atoms with Gasteiger partial charge in [0.2, 0.25) is 0 Å². The zero-order valence-corrected chi connectivity index (χ0v) is 14.6. The summed E-state index contributed by atoms with van der Waals surface area (Å²) in [7, 11) is 0. The first-order chi connectivity index (χ1) is 10.2. The molecule has 3 aromatic rings. The number of fused-ring (bicyclic) bond motifs is 1. The van der Waals surface area contributed by atoms with E-state index in [-0.39, 0.29) is 6.04 Å². The Morgan fingerprint density at radius 1 is 1.29 bits per heavy atom. The summed E-state index contributed by atoms with van der Waals surface area (Å²) in [6.45, 7) is 5.21. The Balaban J connectivity index is 2.18. The lowest BCUT2D eigenvalue weighted by Crippen LogP contribution is -2.22. The van der Waals surface area contributed by atoms with Crippen LogP contribution in [0.3, 0.4) is 0 Å². The zero-order valence-electron chi connectivity index (χ0n) is 12.2. The average Bonchev–Trinajstić information content (AvgIpc) is 3.08. The highest BCUT2D eigenvalue weighted by Gasteiger charge is 2.23. The normalized spacial score (nSPS) is 12.9. The summed E-state index contributed by atoms with van der Waals surface area (Å²) < 4.78 is 7.21. The molecule has 4 heteroatoms. The third-order valence-electron chi connectivity index (χ3n) is 3.65. The van der Waals surface area contributed by atoms with Gasteiger partial charge < -0.3 is 9.73 Å². The van der Waals surface area contributed by atoms with Gasteiger partial charge in [-0.25, -0.2) is 0 Å². The molecule has 0 aliphatic rings. The topological polar surface area (TPSA) is 25.2 Å². The maximum atomic E-state index is 6.06. The maximum absolute atomic E-state index is 6.06. The fraction of sp³-hybridized carbons (Fsp3) is 0.294. The molecule has 0 aliphatic carbocycles. The second-order valence-corrected chi connectivity index (χ2v) is 7.25. The number of hydrogen-bond acceptors (Lipinski definition) is 3. The van der Waals surface area contributed by atoms with Gasteiger partial charge in [-0.2, -0.15) is 0 Å². The van der Waals surface area contributed by atoms with Gasteiger partial charge in [-0.05, 0) is 45.6 Å². The Labute approximate surface area is 137 Å². The Bertz CT molecular complexity index is 746. The van der Waals surface area contributed by atoms with Crippen LogP contribution in [0.15, 0.2) is 43.9 Å². The average molecular weight is 364 g/mol. The quantitative estimate of drug-likeness (QED) is 0.645. The van der Waals surface area contributed by atoms with Crippen LogP contribution in [0.25, 0.3) is 11.0 Å². The molecule has 110 valence electrons. The van der Waals surface area contributed by atoms with E-state index in [2.05, 4.69) is 58.7 Å². The van der Waals surface area contributed by atoms with Crippen LogP contribution in [0, 0.1) is 0 Å². The lowest BCUT2D eigenvalue weighted by molar-refractivity contribution is 0.534. The summed E-state index contributed by atoms with van der Waals surface area (Å²) in [5, 5.41) is 7.03. The third kappa shape index (κ3) is 2.80. The first kappa shape index (κ1) is 14.8. The minimum Gasteiger partial charge on any atom is -0.461 e. The van der Waals surface area contributed by atoms with E-state index >= 15 is 0 Å². The Morgan fingerprint density at radius 3 is 2.76 bits per heavy atom. The van der Waals surface area contributed by atoms with E-state index in [9.17, 15) is 0 Å². The van der Waals surface area contributed by atoms with Crippen molar-refractivity contribution in [3.8, 4) is 0 Å². The molecule has 21 heavy (non-hydrogen) atoms. The SMILES string of the molecule is CCNC(c1csc(Br)c1)c1c(CC)oc2ccccc12. The molecule has 0 spiro atoms. The van der Waals surface area contributed by atoms with Crippen molar-refractivity contribution in [2.45, 2.75) is 26.3 Å². The summed E-state index contributed by atoms with van der Waals surface area (Å²) in [6, 6.07) is 10.7. The van der Waals surface area contributed by atoms with Gasteiger partial charge in [-0.1, -0.05) is 32.0 Å². The second kappa shape index (κ2) is 6.34. The maximum Gasteiger partial charge on any atom is 0.134 e. The summed E-state index contributed by atoms with van der Waals surface area (Å²) in [5.74, 6) is 1.07. The molecule has 2 heterocycles. The standard InChI is InChI=1S/C17H18BrNOS/c1-3-13-16(12-7-5-6-8-14(12)20-13)17(19-4-2)11-9-15(18)21-10-11/h5-10,17,19H,3-4H2,1-2H3. The van der Waals surface area contributed by atoms with Crippen molar-refractivity contribution >= 4 is 38.2 Å². The lowest BCUT2D eigenvalue weighted by Gasteiger charge is -2.17. The zero-order chi connectivity index (χ0) is 14.8. The predicted molar refractivity (Wildman–Crippen MR) is 93.1 cm³/mol. The lowest BCUT2D eigenvalue weighted by atomic mass is 9.97. The molecule has 0 radical (unpaired) electrons. The van der Waals surface area contributed by atoms with Crippen LogP contribution in [0.5, 0.6) is 0 Å². The highest BCUT2D eigenvalue weighted by atomic mass is 79.9. The van der Waals surface area contributed by atoms with Crippen LogP contribution in [0.4, 0.5) is 0 Å². The highest BCUT2D eigenvalue weighted by molar-refractivity contribution is 9.11. The van der Waals surface area contributed by atoms with Gasteiger partial charge in [0, 0.05) is 17.4 Å². The molecule has 0 amide bonds. The van der Waals surface area contributed by atoms with Crippen molar-refractivity contribution in [3.05, 3.63) is 56.4 Å². The van der Waals surface area contributed by atoms with Gasteiger partial charge in [0.25, 0.3) is 0 Å². The number of furan rings is 1. The molecule has 2 aromatic heterocycles. The molecule has 3 rings (SSSR count). The van der Waals surface area contributed by atoms with Crippen LogP contribution >= 0.6 is 27.3 Å². The molecular weight excluding hydrogens is 346 g/mol.